The van der Waals surface area contributed by atoms with Crippen LogP contribution in [0.2, 0.25) is 0 Å². The quantitative estimate of drug-likeness (QED) is 0.198. The molecule has 268 valence electrons. The largest absolute Gasteiger partial charge is 0.396 e. The van der Waals surface area contributed by atoms with Crippen molar-refractivity contribution < 1.29 is 33.5 Å². The molecule has 13 atom stereocenters. The maximum atomic E-state index is 10.8. The summed E-state index contributed by atoms with van der Waals surface area (Å²) < 4.78 is 38.4. The van der Waals surface area contributed by atoms with Crippen LogP contribution in [0.25, 0.3) is 0 Å². The number of rotatable bonds is 16. The van der Waals surface area contributed by atoms with Gasteiger partial charge in [-0.25, -0.2) is 0 Å². The molecule has 6 saturated carbocycles. The number of aliphatic hydroxyl groups excluding tert-OH is 1. The Balaban J connectivity index is 0.842. The maximum Gasteiger partial charge on any atom is 0.0634 e. The standard InChI is InChI=1S/C40H66O7/c1-6-38(17-41,22-44-32-15-26-13-28(32)30-10-12-35(37(26,30)5)47-25-40(8-3)20-43-21-40)23-46-34-11-9-31-29-14-27(36(31,34)4)16-33(29)45-24-39(7-2)18-42-19-39/h26-35,41H,6-25H2,1-5H3. The first-order chi connectivity index (χ1) is 22.7. The SMILES string of the molecule is CCC1(COC2CC3CC2C2CCC(OCC(CC)(CO)COC4CC5CC4C4CCC(OCC6(CC)COC6)C54C)C32C)COC1. The molecule has 2 saturated heterocycles. The number of hydrogen-bond donors (Lipinski definition) is 1. The molecule has 8 rings (SSSR count). The molecule has 0 aromatic rings. The number of hydrogen-bond acceptors (Lipinski definition) is 7. The number of aliphatic hydroxyl groups is 1. The number of ether oxygens (including phenoxy) is 6. The van der Waals surface area contributed by atoms with Crippen molar-refractivity contribution in [3.05, 3.63) is 0 Å². The molecule has 47 heavy (non-hydrogen) atoms. The molecule has 2 heterocycles. The lowest BCUT2D eigenvalue weighted by Gasteiger charge is -2.46. The lowest BCUT2D eigenvalue weighted by Crippen LogP contribution is -2.49. The minimum atomic E-state index is -0.331. The van der Waals surface area contributed by atoms with Crippen LogP contribution in [-0.2, 0) is 28.4 Å². The fraction of sp³-hybridized carbons (Fsp3) is 1.00. The van der Waals surface area contributed by atoms with Crippen molar-refractivity contribution >= 4 is 0 Å². The zero-order valence-electron chi connectivity index (χ0n) is 30.3. The van der Waals surface area contributed by atoms with E-state index in [0.717, 1.165) is 71.7 Å². The average molecular weight is 659 g/mol. The Labute approximate surface area is 284 Å². The molecule has 13 unspecified atom stereocenters. The Kier molecular flexibility index (Phi) is 8.96. The third kappa shape index (κ3) is 5.19. The van der Waals surface area contributed by atoms with Crippen molar-refractivity contribution in [2.45, 2.75) is 130 Å². The van der Waals surface area contributed by atoms with Crippen LogP contribution in [0.1, 0.15) is 105 Å². The van der Waals surface area contributed by atoms with Crippen molar-refractivity contribution in [3.8, 4) is 0 Å². The van der Waals surface area contributed by atoms with Crippen molar-refractivity contribution in [2.75, 3.05) is 59.5 Å². The van der Waals surface area contributed by atoms with E-state index in [9.17, 15) is 5.11 Å². The summed E-state index contributed by atoms with van der Waals surface area (Å²) in [5.74, 6) is 4.07. The van der Waals surface area contributed by atoms with Gasteiger partial charge in [-0.05, 0) is 117 Å². The molecular formula is C40H66O7. The minimum Gasteiger partial charge on any atom is -0.396 e. The van der Waals surface area contributed by atoms with Gasteiger partial charge in [0.25, 0.3) is 0 Å². The van der Waals surface area contributed by atoms with E-state index in [1.807, 2.05) is 0 Å². The molecule has 0 aromatic heterocycles. The Morgan fingerprint density at radius 3 is 1.60 bits per heavy atom. The van der Waals surface area contributed by atoms with Crippen LogP contribution in [0, 0.1) is 62.6 Å². The smallest absolute Gasteiger partial charge is 0.0634 e. The molecule has 8 fully saturated rings. The van der Waals surface area contributed by atoms with E-state index >= 15 is 0 Å². The Morgan fingerprint density at radius 2 is 1.13 bits per heavy atom. The van der Waals surface area contributed by atoms with Gasteiger partial charge in [0.15, 0.2) is 0 Å². The summed E-state index contributed by atoms with van der Waals surface area (Å²) in [7, 11) is 0. The highest BCUT2D eigenvalue weighted by molar-refractivity contribution is 5.15. The van der Waals surface area contributed by atoms with E-state index in [0.29, 0.717) is 67.0 Å². The van der Waals surface area contributed by atoms with Crippen molar-refractivity contribution in [1.29, 1.82) is 0 Å². The predicted octanol–water partition coefficient (Wildman–Crippen LogP) is 6.68. The summed E-state index contributed by atoms with van der Waals surface area (Å²) in [4.78, 5) is 0. The average Bonchev–Trinajstić information content (AvgIpc) is 3.87. The molecule has 0 aromatic carbocycles. The number of fused-ring (bicyclic) bond motifs is 10. The third-order valence-corrected chi connectivity index (χ3v) is 17.0. The van der Waals surface area contributed by atoms with E-state index in [1.165, 1.54) is 38.5 Å². The van der Waals surface area contributed by atoms with Crippen LogP contribution in [0.3, 0.4) is 0 Å². The fourth-order valence-electron chi connectivity index (χ4n) is 12.8. The molecule has 0 radical (unpaired) electrons. The molecule has 1 N–H and O–H groups in total. The molecule has 8 aliphatic rings. The van der Waals surface area contributed by atoms with E-state index < -0.39 is 0 Å². The van der Waals surface area contributed by atoms with Gasteiger partial charge in [0, 0.05) is 16.2 Å². The zero-order valence-corrected chi connectivity index (χ0v) is 30.3. The Morgan fingerprint density at radius 1 is 0.638 bits per heavy atom. The van der Waals surface area contributed by atoms with Crippen molar-refractivity contribution in [3.63, 3.8) is 0 Å². The van der Waals surface area contributed by atoms with Crippen LogP contribution in [0.15, 0.2) is 0 Å². The lowest BCUT2D eigenvalue weighted by atomic mass is 9.67. The third-order valence-electron chi connectivity index (χ3n) is 17.0. The van der Waals surface area contributed by atoms with E-state index in [4.69, 9.17) is 28.4 Å². The Bertz CT molecular complexity index is 1100. The first-order valence-corrected chi connectivity index (χ1v) is 19.9. The maximum absolute atomic E-state index is 10.8. The van der Waals surface area contributed by atoms with Gasteiger partial charge in [0.05, 0.1) is 83.9 Å². The lowest BCUT2D eigenvalue weighted by molar-refractivity contribution is -0.178. The zero-order chi connectivity index (χ0) is 32.7. The van der Waals surface area contributed by atoms with Crippen LogP contribution < -0.4 is 0 Å². The molecule has 4 bridgehead atoms. The topological polar surface area (TPSA) is 75.6 Å². The molecule has 6 aliphatic carbocycles. The highest BCUT2D eigenvalue weighted by atomic mass is 16.5. The normalized spacial score (nSPS) is 47.9. The van der Waals surface area contributed by atoms with Gasteiger partial charge in [-0.3, -0.25) is 0 Å². The molecule has 0 spiro atoms. The molecule has 2 aliphatic heterocycles. The second-order valence-corrected chi connectivity index (χ2v) is 18.8. The second kappa shape index (κ2) is 12.4. The summed E-state index contributed by atoms with van der Waals surface area (Å²) in [5, 5.41) is 10.8. The Hall–Kier alpha value is -0.280. The van der Waals surface area contributed by atoms with Gasteiger partial charge in [-0.1, -0.05) is 34.6 Å². The fourth-order valence-corrected chi connectivity index (χ4v) is 12.8. The minimum absolute atomic E-state index is 0.127. The van der Waals surface area contributed by atoms with E-state index in [-0.39, 0.29) is 39.8 Å². The summed E-state index contributed by atoms with van der Waals surface area (Å²) in [6.45, 7) is 18.3. The first-order valence-electron chi connectivity index (χ1n) is 19.9. The van der Waals surface area contributed by atoms with E-state index in [2.05, 4.69) is 34.6 Å². The van der Waals surface area contributed by atoms with Gasteiger partial charge in [-0.2, -0.15) is 0 Å². The van der Waals surface area contributed by atoms with Gasteiger partial charge in [0.1, 0.15) is 0 Å². The van der Waals surface area contributed by atoms with Crippen LogP contribution in [0.4, 0.5) is 0 Å². The van der Waals surface area contributed by atoms with E-state index in [1.54, 1.807) is 0 Å². The van der Waals surface area contributed by atoms with Crippen LogP contribution in [-0.4, -0.2) is 89.0 Å². The molecule has 7 nitrogen and oxygen atoms in total. The van der Waals surface area contributed by atoms with Crippen molar-refractivity contribution in [2.24, 2.45) is 62.6 Å². The summed E-state index contributed by atoms with van der Waals surface area (Å²) in [6.07, 6.45) is 14.3. The molecule has 0 amide bonds. The van der Waals surface area contributed by atoms with Crippen molar-refractivity contribution in [1.82, 2.24) is 0 Å². The summed E-state index contributed by atoms with van der Waals surface area (Å²) >= 11 is 0. The highest BCUT2D eigenvalue weighted by Crippen LogP contribution is 2.69. The molecular weight excluding hydrogens is 592 g/mol. The van der Waals surface area contributed by atoms with Crippen LogP contribution in [0.5, 0.6) is 0 Å². The monoisotopic (exact) mass is 658 g/mol. The summed E-state index contributed by atoms with van der Waals surface area (Å²) in [5.41, 5.74) is 0.706. The predicted molar refractivity (Wildman–Crippen MR) is 180 cm³/mol. The first kappa shape index (κ1) is 33.8. The van der Waals surface area contributed by atoms with Gasteiger partial charge in [-0.15, -0.1) is 0 Å². The summed E-state index contributed by atoms with van der Waals surface area (Å²) in [6, 6.07) is 0. The van der Waals surface area contributed by atoms with Gasteiger partial charge >= 0.3 is 0 Å². The van der Waals surface area contributed by atoms with Gasteiger partial charge in [0.2, 0.25) is 0 Å². The van der Waals surface area contributed by atoms with Crippen LogP contribution >= 0.6 is 0 Å². The van der Waals surface area contributed by atoms with Gasteiger partial charge < -0.3 is 33.5 Å². The highest BCUT2D eigenvalue weighted by Gasteiger charge is 2.67. The second-order valence-electron chi connectivity index (χ2n) is 18.8. The molecule has 7 heteroatoms.